The molecule has 0 radical (unpaired) electrons. The van der Waals surface area contributed by atoms with Gasteiger partial charge in [0, 0.05) is 28.6 Å². The molecule has 2 fully saturated rings. The second-order valence-electron chi connectivity index (χ2n) is 6.86. The second kappa shape index (κ2) is 6.85. The lowest BCUT2D eigenvalue weighted by Crippen LogP contribution is -2.49. The third kappa shape index (κ3) is 3.39. The van der Waals surface area contributed by atoms with Crippen molar-refractivity contribution >= 4 is 34.4 Å². The molecular weight excluding hydrogens is 356 g/mol. The first-order valence-electron chi connectivity index (χ1n) is 8.73. The van der Waals surface area contributed by atoms with Gasteiger partial charge in [-0.3, -0.25) is 14.6 Å². The minimum absolute atomic E-state index is 0.134. The van der Waals surface area contributed by atoms with E-state index in [9.17, 15) is 9.59 Å². The van der Waals surface area contributed by atoms with Gasteiger partial charge in [-0.25, -0.2) is 0 Å². The van der Waals surface area contributed by atoms with Gasteiger partial charge in [-0.2, -0.15) is 0 Å². The molecule has 0 bridgehead atoms. The van der Waals surface area contributed by atoms with Crippen LogP contribution in [0.2, 0.25) is 5.02 Å². The lowest BCUT2D eigenvalue weighted by Gasteiger charge is -2.35. The fraction of sp³-hybridized carbons (Fsp3) is 0.421. The fourth-order valence-corrected chi connectivity index (χ4v) is 3.60. The molecule has 1 atom stereocenters. The Kier molecular flexibility index (Phi) is 4.54. The van der Waals surface area contributed by atoms with Crippen LogP contribution in [0.3, 0.4) is 0 Å². The molecule has 0 spiro atoms. The number of amides is 1. The molecule has 26 heavy (non-hydrogen) atoms. The van der Waals surface area contributed by atoms with E-state index in [0.717, 1.165) is 24.1 Å². The normalized spacial score (nSPS) is 20.3. The Labute approximate surface area is 155 Å². The van der Waals surface area contributed by atoms with Crippen LogP contribution >= 0.6 is 11.6 Å². The van der Waals surface area contributed by atoms with Gasteiger partial charge in [-0.05, 0) is 37.1 Å². The zero-order chi connectivity index (χ0) is 18.3. The molecule has 1 aliphatic carbocycles. The lowest BCUT2D eigenvalue weighted by atomic mass is 10.0. The molecule has 1 unspecified atom stereocenters. The highest BCUT2D eigenvalue weighted by molar-refractivity contribution is 6.31. The maximum Gasteiger partial charge on any atom is 0.305 e. The van der Waals surface area contributed by atoms with E-state index in [2.05, 4.69) is 4.98 Å². The first kappa shape index (κ1) is 17.2. The Balaban J connectivity index is 1.77. The molecule has 1 N–H and O–H groups in total. The van der Waals surface area contributed by atoms with Crippen LogP contribution < -0.4 is 0 Å². The average molecular weight is 375 g/mol. The summed E-state index contributed by atoms with van der Waals surface area (Å²) in [5.41, 5.74) is 2.20. The molecule has 1 aromatic carbocycles. The summed E-state index contributed by atoms with van der Waals surface area (Å²) in [4.78, 5) is 30.8. The standard InChI is InChI=1S/C19H19ClN2O4/c20-12-3-4-16-14(7-12)15(9-17(21-16)11-1-2-11)19(25)22-5-6-26-10-13(22)8-18(23)24/h3-4,7,9,11,13H,1-2,5-6,8,10H2,(H,23,24). The van der Waals surface area contributed by atoms with Crippen molar-refractivity contribution in [3.8, 4) is 0 Å². The predicted octanol–water partition coefficient (Wildman–Crippen LogP) is 3.08. The van der Waals surface area contributed by atoms with Crippen molar-refractivity contribution in [2.24, 2.45) is 0 Å². The number of pyridine rings is 1. The first-order valence-corrected chi connectivity index (χ1v) is 9.11. The van der Waals surface area contributed by atoms with Gasteiger partial charge in [0.15, 0.2) is 0 Å². The van der Waals surface area contributed by atoms with E-state index in [-0.39, 0.29) is 18.9 Å². The Morgan fingerprint density at radius 1 is 1.31 bits per heavy atom. The first-order chi connectivity index (χ1) is 12.5. The van der Waals surface area contributed by atoms with E-state index in [4.69, 9.17) is 21.4 Å². The van der Waals surface area contributed by atoms with Gasteiger partial charge in [-0.15, -0.1) is 0 Å². The van der Waals surface area contributed by atoms with Crippen molar-refractivity contribution in [1.29, 1.82) is 0 Å². The molecule has 2 aliphatic rings. The highest BCUT2D eigenvalue weighted by atomic mass is 35.5. The van der Waals surface area contributed by atoms with Gasteiger partial charge < -0.3 is 14.7 Å². The predicted molar refractivity (Wildman–Crippen MR) is 96.6 cm³/mol. The number of benzene rings is 1. The number of fused-ring (bicyclic) bond motifs is 1. The molecule has 136 valence electrons. The van der Waals surface area contributed by atoms with Crippen molar-refractivity contribution in [3.63, 3.8) is 0 Å². The van der Waals surface area contributed by atoms with Crippen LogP contribution in [0.15, 0.2) is 24.3 Å². The number of carboxylic acid groups (broad SMARTS) is 1. The SMILES string of the molecule is O=C(O)CC1COCCN1C(=O)c1cc(C2CC2)nc2ccc(Cl)cc12. The number of ether oxygens (including phenoxy) is 1. The zero-order valence-electron chi connectivity index (χ0n) is 14.2. The van der Waals surface area contributed by atoms with Crippen LogP contribution in [0.1, 0.15) is 41.2 Å². The van der Waals surface area contributed by atoms with Crippen molar-refractivity contribution in [3.05, 3.63) is 40.5 Å². The largest absolute Gasteiger partial charge is 0.481 e. The van der Waals surface area contributed by atoms with Crippen LogP contribution in [0.25, 0.3) is 10.9 Å². The Morgan fingerprint density at radius 2 is 2.12 bits per heavy atom. The topological polar surface area (TPSA) is 79.7 Å². The molecular formula is C19H19ClN2O4. The summed E-state index contributed by atoms with van der Waals surface area (Å²) < 4.78 is 5.39. The molecule has 1 saturated carbocycles. The van der Waals surface area contributed by atoms with Crippen molar-refractivity contribution in [1.82, 2.24) is 9.88 Å². The smallest absolute Gasteiger partial charge is 0.305 e. The van der Waals surface area contributed by atoms with Gasteiger partial charge in [0.1, 0.15) is 0 Å². The van der Waals surface area contributed by atoms with Gasteiger partial charge in [0.05, 0.1) is 36.8 Å². The molecule has 1 aliphatic heterocycles. The Hall–Kier alpha value is -2.18. The van der Waals surface area contributed by atoms with E-state index in [1.807, 2.05) is 12.1 Å². The monoisotopic (exact) mass is 374 g/mol. The van der Waals surface area contributed by atoms with Crippen LogP contribution in [0.4, 0.5) is 0 Å². The Bertz CT molecular complexity index is 881. The molecule has 7 heteroatoms. The number of carbonyl (C=O) groups is 2. The number of nitrogens with zero attached hydrogens (tertiary/aromatic N) is 2. The quantitative estimate of drug-likeness (QED) is 0.889. The fourth-order valence-electron chi connectivity index (χ4n) is 3.43. The molecule has 4 rings (SSSR count). The number of carbonyl (C=O) groups excluding carboxylic acids is 1. The number of aromatic nitrogens is 1. The number of carboxylic acids is 1. The number of aliphatic carboxylic acids is 1. The summed E-state index contributed by atoms with van der Waals surface area (Å²) in [6.07, 6.45) is 2.03. The van der Waals surface area contributed by atoms with E-state index < -0.39 is 12.0 Å². The molecule has 1 saturated heterocycles. The number of halogens is 1. The highest BCUT2D eigenvalue weighted by Crippen LogP contribution is 2.40. The summed E-state index contributed by atoms with van der Waals surface area (Å²) in [6, 6.07) is 6.73. The zero-order valence-corrected chi connectivity index (χ0v) is 14.9. The highest BCUT2D eigenvalue weighted by Gasteiger charge is 2.32. The second-order valence-corrected chi connectivity index (χ2v) is 7.29. The molecule has 1 amide bonds. The molecule has 2 heterocycles. The minimum Gasteiger partial charge on any atom is -0.481 e. The van der Waals surface area contributed by atoms with E-state index in [1.165, 1.54) is 0 Å². The van der Waals surface area contributed by atoms with Crippen LogP contribution in [-0.2, 0) is 9.53 Å². The van der Waals surface area contributed by atoms with Crippen molar-refractivity contribution < 1.29 is 19.4 Å². The van der Waals surface area contributed by atoms with Crippen LogP contribution in [-0.4, -0.2) is 52.7 Å². The van der Waals surface area contributed by atoms with E-state index in [1.54, 1.807) is 17.0 Å². The van der Waals surface area contributed by atoms with Crippen LogP contribution in [0, 0.1) is 0 Å². The average Bonchev–Trinajstić information content (AvgIpc) is 3.45. The summed E-state index contributed by atoms with van der Waals surface area (Å²) in [6.45, 7) is 1.01. The minimum atomic E-state index is -0.945. The van der Waals surface area contributed by atoms with Crippen LogP contribution in [0.5, 0.6) is 0 Å². The summed E-state index contributed by atoms with van der Waals surface area (Å²) >= 11 is 6.14. The number of morpholine rings is 1. The third-order valence-electron chi connectivity index (χ3n) is 4.92. The number of hydrogen-bond donors (Lipinski definition) is 1. The Morgan fingerprint density at radius 3 is 2.85 bits per heavy atom. The van der Waals surface area contributed by atoms with Gasteiger partial charge in [-0.1, -0.05) is 11.6 Å². The molecule has 6 nitrogen and oxygen atoms in total. The van der Waals surface area contributed by atoms with Gasteiger partial charge in [0.25, 0.3) is 5.91 Å². The molecule has 2 aromatic rings. The van der Waals surface area contributed by atoms with Crippen molar-refractivity contribution in [2.45, 2.75) is 31.2 Å². The van der Waals surface area contributed by atoms with E-state index >= 15 is 0 Å². The molecule has 1 aromatic heterocycles. The van der Waals surface area contributed by atoms with Gasteiger partial charge in [0.2, 0.25) is 0 Å². The number of hydrogen-bond acceptors (Lipinski definition) is 4. The summed E-state index contributed by atoms with van der Waals surface area (Å²) in [5.74, 6) is -0.725. The van der Waals surface area contributed by atoms with Crippen molar-refractivity contribution in [2.75, 3.05) is 19.8 Å². The summed E-state index contributed by atoms with van der Waals surface area (Å²) in [7, 11) is 0. The maximum atomic E-state index is 13.3. The third-order valence-corrected chi connectivity index (χ3v) is 5.15. The van der Waals surface area contributed by atoms with E-state index in [0.29, 0.717) is 35.0 Å². The maximum absolute atomic E-state index is 13.3. The summed E-state index contributed by atoms with van der Waals surface area (Å²) in [5, 5.41) is 10.4. The van der Waals surface area contributed by atoms with Gasteiger partial charge >= 0.3 is 5.97 Å². The number of rotatable bonds is 4. The lowest BCUT2D eigenvalue weighted by molar-refractivity contribution is -0.139.